The van der Waals surface area contributed by atoms with Crippen LogP contribution in [0.2, 0.25) is 0 Å². The summed E-state index contributed by atoms with van der Waals surface area (Å²) in [6.45, 7) is 0.826. The number of fused-ring (bicyclic) bond motifs is 1. The Morgan fingerprint density at radius 3 is 2.56 bits per heavy atom. The van der Waals surface area contributed by atoms with Crippen LogP contribution < -0.4 is 9.47 Å². The van der Waals surface area contributed by atoms with Gasteiger partial charge in [-0.15, -0.1) is 0 Å². The minimum Gasteiger partial charge on any atom is -0.497 e. The van der Waals surface area contributed by atoms with E-state index in [1.165, 1.54) is 7.11 Å². The normalized spacial score (nSPS) is 13.1. The number of carbonyl (C=O) groups excluding carboxylic acids is 1. The van der Waals surface area contributed by atoms with Crippen LogP contribution in [0.15, 0.2) is 36.4 Å². The predicted molar refractivity (Wildman–Crippen MR) is 91.4 cm³/mol. The van der Waals surface area contributed by atoms with Gasteiger partial charge in [-0.25, -0.2) is 4.79 Å². The van der Waals surface area contributed by atoms with E-state index in [4.69, 9.17) is 9.47 Å². The minimum atomic E-state index is -0.939. The molecule has 6 heteroatoms. The quantitative estimate of drug-likeness (QED) is 0.925. The first kappa shape index (κ1) is 16.8. The zero-order valence-corrected chi connectivity index (χ0v) is 14.1. The summed E-state index contributed by atoms with van der Waals surface area (Å²) in [5.41, 5.74) is 2.40. The summed E-state index contributed by atoms with van der Waals surface area (Å²) in [6, 6.07) is 10.3. The second-order valence-corrected chi connectivity index (χ2v) is 5.79. The maximum atomic E-state index is 13.0. The molecule has 0 aromatic heterocycles. The summed E-state index contributed by atoms with van der Waals surface area (Å²) in [6.07, 6.45) is 0.510. The van der Waals surface area contributed by atoms with Gasteiger partial charge in [0, 0.05) is 13.1 Å². The Labute approximate surface area is 145 Å². The highest BCUT2D eigenvalue weighted by Crippen LogP contribution is 2.28. The molecule has 1 N–H and O–H groups in total. The van der Waals surface area contributed by atoms with Gasteiger partial charge in [-0.2, -0.15) is 0 Å². The molecule has 0 bridgehead atoms. The predicted octanol–water partition coefficient (Wildman–Crippen LogP) is 2.60. The molecule has 0 unspecified atom stereocenters. The third kappa shape index (κ3) is 3.15. The van der Waals surface area contributed by atoms with E-state index in [-0.39, 0.29) is 5.91 Å². The van der Waals surface area contributed by atoms with Crippen molar-refractivity contribution in [2.75, 3.05) is 20.8 Å². The van der Waals surface area contributed by atoms with Gasteiger partial charge < -0.3 is 19.5 Å². The molecule has 2 aromatic rings. The molecule has 1 heterocycles. The van der Waals surface area contributed by atoms with E-state index in [2.05, 4.69) is 0 Å². The van der Waals surface area contributed by atoms with Crippen LogP contribution in [0.5, 0.6) is 11.5 Å². The maximum absolute atomic E-state index is 13.0. The van der Waals surface area contributed by atoms with Crippen molar-refractivity contribution in [2.45, 2.75) is 13.0 Å². The number of nitrogens with zero attached hydrogens (tertiary/aromatic N) is 1. The second kappa shape index (κ2) is 6.84. The van der Waals surface area contributed by atoms with Crippen molar-refractivity contribution in [3.8, 4) is 11.5 Å². The van der Waals surface area contributed by atoms with Gasteiger partial charge in [0.2, 0.25) is 0 Å². The number of ether oxygens (including phenoxy) is 2. The molecule has 0 saturated heterocycles. The highest BCUT2D eigenvalue weighted by atomic mass is 16.5. The number of benzene rings is 2. The number of carboxylic acid groups (broad SMARTS) is 1. The smallest absolute Gasteiger partial charge is 0.335 e. The van der Waals surface area contributed by atoms with E-state index >= 15 is 0 Å². The van der Waals surface area contributed by atoms with E-state index in [9.17, 15) is 14.7 Å². The molecule has 25 heavy (non-hydrogen) atoms. The average molecular weight is 341 g/mol. The molecule has 0 saturated carbocycles. The SMILES string of the molecule is COc1ccc(OC)c(C(=O)N2CCc3c(cccc3C(=O)O)C2)c1. The number of hydrogen-bond acceptors (Lipinski definition) is 4. The van der Waals surface area contributed by atoms with Crippen LogP contribution in [0, 0.1) is 0 Å². The Hall–Kier alpha value is -3.02. The lowest BCUT2D eigenvalue weighted by atomic mass is 9.94. The summed E-state index contributed by atoms with van der Waals surface area (Å²) >= 11 is 0. The van der Waals surface area contributed by atoms with E-state index < -0.39 is 5.97 Å². The maximum Gasteiger partial charge on any atom is 0.335 e. The van der Waals surface area contributed by atoms with E-state index in [1.807, 2.05) is 6.07 Å². The largest absolute Gasteiger partial charge is 0.497 e. The van der Waals surface area contributed by atoms with E-state index in [0.717, 1.165) is 11.1 Å². The number of aromatic carboxylic acids is 1. The lowest BCUT2D eigenvalue weighted by Gasteiger charge is -2.30. The van der Waals surface area contributed by atoms with Crippen LogP contribution in [-0.2, 0) is 13.0 Å². The van der Waals surface area contributed by atoms with Crippen molar-refractivity contribution >= 4 is 11.9 Å². The molecule has 0 radical (unpaired) electrons. The van der Waals surface area contributed by atoms with Crippen LogP contribution in [0.4, 0.5) is 0 Å². The highest BCUT2D eigenvalue weighted by molar-refractivity contribution is 5.97. The first-order chi connectivity index (χ1) is 12.0. The molecule has 0 fully saturated rings. The molecule has 130 valence electrons. The number of carboxylic acids is 1. The van der Waals surface area contributed by atoms with Crippen LogP contribution in [0.3, 0.4) is 0 Å². The van der Waals surface area contributed by atoms with Crippen molar-refractivity contribution < 1.29 is 24.2 Å². The summed E-state index contributed by atoms with van der Waals surface area (Å²) in [5.74, 6) is -0.0428. The van der Waals surface area contributed by atoms with Crippen molar-refractivity contribution in [1.29, 1.82) is 0 Å². The van der Waals surface area contributed by atoms with Gasteiger partial charge in [-0.3, -0.25) is 4.79 Å². The number of methoxy groups -OCH3 is 2. The van der Waals surface area contributed by atoms with Crippen molar-refractivity contribution in [1.82, 2.24) is 4.90 Å². The van der Waals surface area contributed by atoms with Crippen molar-refractivity contribution in [3.63, 3.8) is 0 Å². The molecule has 1 aliphatic heterocycles. The van der Waals surface area contributed by atoms with Gasteiger partial charge in [0.1, 0.15) is 11.5 Å². The summed E-state index contributed by atoms with van der Waals surface area (Å²) in [7, 11) is 3.06. The van der Waals surface area contributed by atoms with Crippen molar-refractivity contribution in [2.24, 2.45) is 0 Å². The molecule has 3 rings (SSSR count). The molecule has 2 aromatic carbocycles. The fraction of sp³-hybridized carbons (Fsp3) is 0.263. The second-order valence-electron chi connectivity index (χ2n) is 5.79. The molecule has 6 nitrogen and oxygen atoms in total. The molecule has 0 atom stereocenters. The Bertz CT molecular complexity index is 831. The third-order valence-electron chi connectivity index (χ3n) is 4.42. The number of hydrogen-bond donors (Lipinski definition) is 1. The fourth-order valence-electron chi connectivity index (χ4n) is 3.13. The van der Waals surface area contributed by atoms with Gasteiger partial charge in [-0.1, -0.05) is 12.1 Å². The fourth-order valence-corrected chi connectivity index (χ4v) is 3.13. The van der Waals surface area contributed by atoms with Crippen LogP contribution >= 0.6 is 0 Å². The monoisotopic (exact) mass is 341 g/mol. The highest BCUT2D eigenvalue weighted by Gasteiger charge is 2.26. The third-order valence-corrected chi connectivity index (χ3v) is 4.42. The first-order valence-electron chi connectivity index (χ1n) is 7.90. The lowest BCUT2D eigenvalue weighted by Crippen LogP contribution is -2.36. The van der Waals surface area contributed by atoms with E-state index in [1.54, 1.807) is 42.3 Å². The van der Waals surface area contributed by atoms with Gasteiger partial charge in [0.25, 0.3) is 5.91 Å². The molecule has 0 spiro atoms. The molecule has 1 aliphatic rings. The van der Waals surface area contributed by atoms with Crippen LogP contribution in [-0.4, -0.2) is 42.6 Å². The zero-order chi connectivity index (χ0) is 18.0. The van der Waals surface area contributed by atoms with Gasteiger partial charge in [0.05, 0.1) is 25.3 Å². The van der Waals surface area contributed by atoms with Gasteiger partial charge >= 0.3 is 5.97 Å². The zero-order valence-electron chi connectivity index (χ0n) is 14.1. The van der Waals surface area contributed by atoms with E-state index in [0.29, 0.717) is 42.1 Å². The summed E-state index contributed by atoms with van der Waals surface area (Å²) in [5, 5.41) is 9.31. The number of carbonyl (C=O) groups is 2. The Morgan fingerprint density at radius 1 is 1.08 bits per heavy atom. The number of rotatable bonds is 4. The molecular weight excluding hydrogens is 322 g/mol. The first-order valence-corrected chi connectivity index (χ1v) is 7.90. The Kier molecular flexibility index (Phi) is 4.61. The van der Waals surface area contributed by atoms with Crippen LogP contribution in [0.1, 0.15) is 31.8 Å². The molecule has 1 amide bonds. The summed E-state index contributed by atoms with van der Waals surface area (Å²) < 4.78 is 10.5. The van der Waals surface area contributed by atoms with Crippen molar-refractivity contribution in [3.05, 3.63) is 58.7 Å². The Balaban J connectivity index is 1.91. The molecular formula is C19H19NO5. The van der Waals surface area contributed by atoms with Gasteiger partial charge in [0.15, 0.2) is 0 Å². The topological polar surface area (TPSA) is 76.1 Å². The minimum absolute atomic E-state index is 0.165. The lowest BCUT2D eigenvalue weighted by molar-refractivity contribution is 0.0694. The van der Waals surface area contributed by atoms with Crippen LogP contribution in [0.25, 0.3) is 0 Å². The molecule has 0 aliphatic carbocycles. The summed E-state index contributed by atoms with van der Waals surface area (Å²) in [4.78, 5) is 26.0. The Morgan fingerprint density at radius 2 is 1.88 bits per heavy atom. The standard InChI is InChI=1S/C19H19NO5/c1-24-13-6-7-17(25-2)16(10-13)18(21)20-9-8-14-12(11-20)4-3-5-15(14)19(22)23/h3-7,10H,8-9,11H2,1-2H3,(H,22,23). The van der Waals surface area contributed by atoms with Gasteiger partial charge in [-0.05, 0) is 41.8 Å². The average Bonchev–Trinajstić information content (AvgIpc) is 2.65. The number of amides is 1.